The van der Waals surface area contributed by atoms with Crippen molar-refractivity contribution in [2.24, 2.45) is 0 Å². The Labute approximate surface area is 174 Å². The Morgan fingerprint density at radius 2 is 1.93 bits per heavy atom. The Hall–Kier alpha value is -2.33. The third kappa shape index (κ3) is 4.81. The van der Waals surface area contributed by atoms with Crippen LogP contribution in [0.15, 0.2) is 36.4 Å². The van der Waals surface area contributed by atoms with Gasteiger partial charge in [-0.05, 0) is 86.9 Å². The number of ether oxygens (including phenoxy) is 1. The number of fused-ring (bicyclic) bond motifs is 1. The summed E-state index contributed by atoms with van der Waals surface area (Å²) in [5.41, 5.74) is 6.54. The van der Waals surface area contributed by atoms with Gasteiger partial charge in [0.2, 0.25) is 5.91 Å². The van der Waals surface area contributed by atoms with Crippen molar-refractivity contribution in [1.82, 2.24) is 4.90 Å². The maximum absolute atomic E-state index is 11.6. The molecular formula is C25H32N2O2. The number of benzene rings is 2. The van der Waals surface area contributed by atoms with Crippen molar-refractivity contribution in [2.45, 2.75) is 51.9 Å². The van der Waals surface area contributed by atoms with Gasteiger partial charge in [-0.1, -0.05) is 24.3 Å². The summed E-state index contributed by atoms with van der Waals surface area (Å²) >= 11 is 0. The average molecular weight is 393 g/mol. The van der Waals surface area contributed by atoms with E-state index in [9.17, 15) is 4.79 Å². The van der Waals surface area contributed by atoms with Crippen LogP contribution in [0.5, 0.6) is 5.75 Å². The summed E-state index contributed by atoms with van der Waals surface area (Å²) in [5.74, 6) is 1.64. The number of amides is 1. The molecule has 0 unspecified atom stereocenters. The summed E-state index contributed by atoms with van der Waals surface area (Å²) in [5, 5.41) is 2.94. The summed E-state index contributed by atoms with van der Waals surface area (Å²) in [7, 11) is 0. The number of likely N-dealkylation sites (tertiary alicyclic amines) is 1. The molecule has 29 heavy (non-hydrogen) atoms. The molecule has 0 spiro atoms. The topological polar surface area (TPSA) is 41.6 Å². The molecule has 2 aliphatic rings. The van der Waals surface area contributed by atoms with E-state index in [-0.39, 0.29) is 5.91 Å². The van der Waals surface area contributed by atoms with Crippen molar-refractivity contribution in [2.75, 3.05) is 31.6 Å². The zero-order valence-electron chi connectivity index (χ0n) is 17.7. The van der Waals surface area contributed by atoms with Gasteiger partial charge in [0.05, 0.1) is 6.61 Å². The molecule has 2 aromatic carbocycles. The third-order valence-electron chi connectivity index (χ3n) is 6.54. The number of hydrogen-bond donors (Lipinski definition) is 1. The molecule has 4 nitrogen and oxygen atoms in total. The van der Waals surface area contributed by atoms with E-state index in [2.05, 4.69) is 48.3 Å². The van der Waals surface area contributed by atoms with Gasteiger partial charge in [-0.2, -0.15) is 0 Å². The van der Waals surface area contributed by atoms with Crippen LogP contribution in [-0.2, 0) is 11.2 Å². The van der Waals surface area contributed by atoms with Gasteiger partial charge in [-0.15, -0.1) is 0 Å². The predicted octanol–water partition coefficient (Wildman–Crippen LogP) is 4.84. The van der Waals surface area contributed by atoms with Crippen molar-refractivity contribution in [3.8, 4) is 5.75 Å². The number of piperidine rings is 1. The number of nitrogens with zero attached hydrogens (tertiary/aromatic N) is 1. The molecule has 2 aromatic rings. The molecule has 4 heteroatoms. The van der Waals surface area contributed by atoms with Gasteiger partial charge in [-0.25, -0.2) is 0 Å². The second-order valence-electron chi connectivity index (χ2n) is 8.47. The highest BCUT2D eigenvalue weighted by molar-refractivity contribution is 5.94. The van der Waals surface area contributed by atoms with Gasteiger partial charge in [0.1, 0.15) is 5.75 Å². The van der Waals surface area contributed by atoms with E-state index < -0.39 is 0 Å². The Morgan fingerprint density at radius 3 is 2.76 bits per heavy atom. The van der Waals surface area contributed by atoms with Gasteiger partial charge in [-0.3, -0.25) is 4.79 Å². The zero-order chi connectivity index (χ0) is 20.2. The molecule has 0 saturated carbocycles. The van der Waals surface area contributed by atoms with E-state index in [4.69, 9.17) is 4.74 Å². The van der Waals surface area contributed by atoms with E-state index in [0.29, 0.717) is 18.9 Å². The molecule has 1 saturated heterocycles. The molecule has 2 heterocycles. The highest BCUT2D eigenvalue weighted by Gasteiger charge is 2.22. The largest absolute Gasteiger partial charge is 0.493 e. The van der Waals surface area contributed by atoms with Crippen molar-refractivity contribution >= 4 is 11.6 Å². The Bertz CT molecular complexity index is 869. The predicted molar refractivity (Wildman–Crippen MR) is 118 cm³/mol. The first-order valence-electron chi connectivity index (χ1n) is 10.9. The van der Waals surface area contributed by atoms with Crippen LogP contribution in [0.2, 0.25) is 0 Å². The van der Waals surface area contributed by atoms with E-state index in [1.807, 2.05) is 12.1 Å². The molecule has 2 aliphatic heterocycles. The monoisotopic (exact) mass is 392 g/mol. The van der Waals surface area contributed by atoms with Crippen LogP contribution in [0, 0.1) is 13.8 Å². The first-order chi connectivity index (χ1) is 14.1. The maximum Gasteiger partial charge on any atom is 0.224 e. The number of aryl methyl sites for hydroxylation is 2. The Morgan fingerprint density at radius 1 is 1.10 bits per heavy atom. The van der Waals surface area contributed by atoms with Crippen LogP contribution >= 0.6 is 0 Å². The summed E-state index contributed by atoms with van der Waals surface area (Å²) in [6, 6.07) is 12.8. The number of carbonyl (C=O) groups is 1. The second kappa shape index (κ2) is 9.00. The van der Waals surface area contributed by atoms with E-state index in [1.165, 1.54) is 42.6 Å². The lowest BCUT2D eigenvalue weighted by atomic mass is 9.85. The molecule has 0 aliphatic carbocycles. The maximum atomic E-state index is 11.6. The van der Waals surface area contributed by atoms with Crippen LogP contribution in [0.4, 0.5) is 5.69 Å². The molecule has 154 valence electrons. The fraction of sp³-hybridized carbons (Fsp3) is 0.480. The molecule has 4 rings (SSSR count). The van der Waals surface area contributed by atoms with Gasteiger partial charge in [0.15, 0.2) is 0 Å². The molecule has 1 fully saturated rings. The van der Waals surface area contributed by atoms with Crippen molar-refractivity contribution in [3.05, 3.63) is 58.7 Å². The highest BCUT2D eigenvalue weighted by Crippen LogP contribution is 2.31. The molecule has 0 atom stereocenters. The lowest BCUT2D eigenvalue weighted by Gasteiger charge is -2.33. The van der Waals surface area contributed by atoms with E-state index in [1.54, 1.807) is 5.56 Å². The van der Waals surface area contributed by atoms with Crippen LogP contribution in [0.3, 0.4) is 0 Å². The first kappa shape index (κ1) is 20.0. The minimum absolute atomic E-state index is 0.0962. The summed E-state index contributed by atoms with van der Waals surface area (Å²) in [4.78, 5) is 14.1. The Balaban J connectivity index is 1.20. The fourth-order valence-electron chi connectivity index (χ4n) is 4.60. The van der Waals surface area contributed by atoms with Crippen molar-refractivity contribution < 1.29 is 9.53 Å². The standard InChI is InChI=1S/C25H32N2O2/c1-18-5-3-6-23(19(18)2)20-11-14-27(15-12-20)13-4-16-29-22-9-7-21-8-10-25(28)26-24(21)17-22/h3,5-7,9,17,20H,4,8,10-16H2,1-2H3,(H,26,28). The van der Waals surface area contributed by atoms with Crippen LogP contribution in [-0.4, -0.2) is 37.0 Å². The lowest BCUT2D eigenvalue weighted by Crippen LogP contribution is -2.34. The smallest absolute Gasteiger partial charge is 0.224 e. The highest BCUT2D eigenvalue weighted by atomic mass is 16.5. The molecule has 0 radical (unpaired) electrons. The number of nitrogens with one attached hydrogen (secondary N) is 1. The number of carbonyl (C=O) groups excluding carboxylic acids is 1. The summed E-state index contributed by atoms with van der Waals surface area (Å²) in [6.45, 7) is 8.61. The van der Waals surface area contributed by atoms with Gasteiger partial charge in [0, 0.05) is 24.7 Å². The van der Waals surface area contributed by atoms with Crippen LogP contribution in [0.25, 0.3) is 0 Å². The van der Waals surface area contributed by atoms with E-state index in [0.717, 1.165) is 30.8 Å². The molecule has 0 bridgehead atoms. The number of hydrogen-bond acceptors (Lipinski definition) is 3. The molecule has 0 aromatic heterocycles. The van der Waals surface area contributed by atoms with Gasteiger partial charge in [0.25, 0.3) is 0 Å². The molecule has 1 amide bonds. The molecule has 1 N–H and O–H groups in total. The van der Waals surface area contributed by atoms with Crippen LogP contribution < -0.4 is 10.1 Å². The van der Waals surface area contributed by atoms with Crippen molar-refractivity contribution in [3.63, 3.8) is 0 Å². The minimum atomic E-state index is 0.0962. The van der Waals surface area contributed by atoms with Crippen LogP contribution in [0.1, 0.15) is 53.9 Å². The molecular weight excluding hydrogens is 360 g/mol. The third-order valence-corrected chi connectivity index (χ3v) is 6.54. The minimum Gasteiger partial charge on any atom is -0.493 e. The zero-order valence-corrected chi connectivity index (χ0v) is 17.7. The van der Waals surface area contributed by atoms with Crippen molar-refractivity contribution in [1.29, 1.82) is 0 Å². The quantitative estimate of drug-likeness (QED) is 0.716. The first-order valence-corrected chi connectivity index (χ1v) is 10.9. The van der Waals surface area contributed by atoms with Gasteiger partial charge >= 0.3 is 0 Å². The van der Waals surface area contributed by atoms with Gasteiger partial charge < -0.3 is 15.0 Å². The SMILES string of the molecule is Cc1cccc(C2CCN(CCCOc3ccc4c(c3)NC(=O)CC4)CC2)c1C. The average Bonchev–Trinajstić information content (AvgIpc) is 2.73. The number of rotatable bonds is 6. The van der Waals surface area contributed by atoms with E-state index >= 15 is 0 Å². The second-order valence-corrected chi connectivity index (χ2v) is 8.47. The lowest BCUT2D eigenvalue weighted by molar-refractivity contribution is -0.116. The number of anilines is 1. The fourth-order valence-corrected chi connectivity index (χ4v) is 4.60. The normalized spacial score (nSPS) is 17.7. The summed E-state index contributed by atoms with van der Waals surface area (Å²) in [6.07, 6.45) is 4.91. The Kier molecular flexibility index (Phi) is 6.19. The summed E-state index contributed by atoms with van der Waals surface area (Å²) < 4.78 is 5.94.